The summed E-state index contributed by atoms with van der Waals surface area (Å²) in [5.74, 6) is -0.488. The number of carbonyl (C=O) groups excluding carboxylic acids is 1. The summed E-state index contributed by atoms with van der Waals surface area (Å²) in [6.07, 6.45) is 2.36. The number of hydrogen-bond acceptors (Lipinski definition) is 5. The van der Waals surface area contributed by atoms with Gasteiger partial charge >= 0.3 is 0 Å². The smallest absolute Gasteiger partial charge is 0.271 e. The molecular formula is C19H22ClN3O5S. The Bertz CT molecular complexity index is 993. The number of benzene rings is 2. The highest BCUT2D eigenvalue weighted by atomic mass is 35.5. The number of amides is 1. The molecule has 0 bridgehead atoms. The average Bonchev–Trinajstić information content (AvgIpc) is 2.64. The molecule has 0 aliphatic rings. The van der Waals surface area contributed by atoms with Crippen LogP contribution in [0, 0.1) is 17.0 Å². The zero-order valence-electron chi connectivity index (χ0n) is 16.1. The van der Waals surface area contributed by atoms with Crippen molar-refractivity contribution in [1.82, 2.24) is 5.32 Å². The number of nitro benzene ring substituents is 1. The van der Waals surface area contributed by atoms with Gasteiger partial charge < -0.3 is 5.32 Å². The molecule has 0 saturated carbocycles. The van der Waals surface area contributed by atoms with Crippen molar-refractivity contribution in [2.24, 2.45) is 0 Å². The van der Waals surface area contributed by atoms with E-state index < -0.39 is 27.4 Å². The van der Waals surface area contributed by atoms with Gasteiger partial charge in [0.1, 0.15) is 6.54 Å². The largest absolute Gasteiger partial charge is 0.355 e. The third-order valence-corrected chi connectivity index (χ3v) is 5.62. The molecule has 156 valence electrons. The van der Waals surface area contributed by atoms with E-state index in [1.165, 1.54) is 12.1 Å². The maximum absolute atomic E-state index is 12.3. The van der Waals surface area contributed by atoms with Gasteiger partial charge in [0.05, 0.1) is 16.9 Å². The molecule has 0 fully saturated rings. The van der Waals surface area contributed by atoms with Crippen LogP contribution in [0.3, 0.4) is 0 Å². The van der Waals surface area contributed by atoms with Crippen LogP contribution in [-0.2, 0) is 21.2 Å². The van der Waals surface area contributed by atoms with E-state index in [2.05, 4.69) is 5.32 Å². The Morgan fingerprint density at radius 3 is 2.45 bits per heavy atom. The lowest BCUT2D eigenvalue weighted by molar-refractivity contribution is -0.384. The minimum atomic E-state index is -3.82. The molecule has 1 N–H and O–H groups in total. The van der Waals surface area contributed by atoms with E-state index in [9.17, 15) is 23.3 Å². The molecule has 8 nitrogen and oxygen atoms in total. The maximum atomic E-state index is 12.3. The van der Waals surface area contributed by atoms with Crippen molar-refractivity contribution in [2.75, 3.05) is 23.7 Å². The summed E-state index contributed by atoms with van der Waals surface area (Å²) < 4.78 is 25.3. The van der Waals surface area contributed by atoms with E-state index in [0.29, 0.717) is 23.6 Å². The summed E-state index contributed by atoms with van der Waals surface area (Å²) in [5, 5.41) is 14.4. The number of halogens is 1. The fourth-order valence-corrected chi connectivity index (χ4v) is 3.75. The Labute approximate surface area is 174 Å². The second-order valence-corrected chi connectivity index (χ2v) is 8.92. The van der Waals surface area contributed by atoms with E-state index in [1.54, 1.807) is 19.1 Å². The number of nitrogens with zero attached hydrogens (tertiary/aromatic N) is 2. The van der Waals surface area contributed by atoms with Crippen LogP contribution >= 0.6 is 11.6 Å². The zero-order chi connectivity index (χ0) is 21.6. The standard InChI is InChI=1S/C19H22ClN3O5S/c1-14-5-10-17(23(25)26)12-18(14)22(29(2,27)28)13-19(24)21-11-3-4-15-6-8-16(20)9-7-15/h5-10,12H,3-4,11,13H2,1-2H3,(H,21,24). The number of rotatable bonds is 9. The van der Waals surface area contributed by atoms with Crippen LogP contribution in [0.1, 0.15) is 17.5 Å². The summed E-state index contributed by atoms with van der Waals surface area (Å²) in [6, 6.07) is 11.3. The van der Waals surface area contributed by atoms with Crippen LogP contribution in [-0.4, -0.2) is 38.6 Å². The highest BCUT2D eigenvalue weighted by Gasteiger charge is 2.24. The third-order valence-electron chi connectivity index (χ3n) is 4.24. The van der Waals surface area contributed by atoms with E-state index in [4.69, 9.17) is 11.6 Å². The van der Waals surface area contributed by atoms with Gasteiger partial charge in [-0.3, -0.25) is 19.2 Å². The molecule has 0 spiro atoms. The molecule has 0 unspecified atom stereocenters. The zero-order valence-corrected chi connectivity index (χ0v) is 17.7. The first-order valence-corrected chi connectivity index (χ1v) is 11.0. The van der Waals surface area contributed by atoms with Crippen molar-refractivity contribution in [2.45, 2.75) is 19.8 Å². The SMILES string of the molecule is Cc1ccc([N+](=O)[O-])cc1N(CC(=O)NCCCc1ccc(Cl)cc1)S(C)(=O)=O. The minimum Gasteiger partial charge on any atom is -0.355 e. The molecule has 0 aliphatic heterocycles. The third kappa shape index (κ3) is 6.72. The fourth-order valence-electron chi connectivity index (χ4n) is 2.72. The van der Waals surface area contributed by atoms with E-state index in [0.717, 1.165) is 28.6 Å². The first-order chi connectivity index (χ1) is 13.6. The van der Waals surface area contributed by atoms with Crippen molar-refractivity contribution in [3.8, 4) is 0 Å². The van der Waals surface area contributed by atoms with E-state index in [1.807, 2.05) is 12.1 Å². The van der Waals surface area contributed by atoms with Crippen LogP contribution in [0.2, 0.25) is 5.02 Å². The molecular weight excluding hydrogens is 418 g/mol. The molecule has 0 saturated heterocycles. The molecule has 0 aromatic heterocycles. The van der Waals surface area contributed by atoms with Gasteiger partial charge in [-0.05, 0) is 43.0 Å². The highest BCUT2D eigenvalue weighted by molar-refractivity contribution is 7.92. The summed E-state index contributed by atoms with van der Waals surface area (Å²) in [6.45, 7) is 1.54. The molecule has 1 amide bonds. The summed E-state index contributed by atoms with van der Waals surface area (Å²) >= 11 is 5.84. The van der Waals surface area contributed by atoms with Crippen molar-refractivity contribution in [1.29, 1.82) is 0 Å². The predicted octanol–water partition coefficient (Wildman–Crippen LogP) is 3.07. The topological polar surface area (TPSA) is 110 Å². The summed E-state index contributed by atoms with van der Waals surface area (Å²) in [5.41, 5.74) is 1.45. The van der Waals surface area contributed by atoms with Gasteiger partial charge in [-0.2, -0.15) is 0 Å². The van der Waals surface area contributed by atoms with Crippen LogP contribution in [0.4, 0.5) is 11.4 Å². The van der Waals surface area contributed by atoms with E-state index in [-0.39, 0.29) is 11.4 Å². The Kier molecular flexibility index (Phi) is 7.58. The molecule has 0 heterocycles. The number of nitrogens with one attached hydrogen (secondary N) is 1. The lowest BCUT2D eigenvalue weighted by Crippen LogP contribution is -2.41. The maximum Gasteiger partial charge on any atom is 0.271 e. The quantitative estimate of drug-likeness (QED) is 0.367. The number of nitro groups is 1. The summed E-state index contributed by atoms with van der Waals surface area (Å²) in [4.78, 5) is 22.7. The van der Waals surface area contributed by atoms with Gasteiger partial charge in [-0.15, -0.1) is 0 Å². The molecule has 0 aliphatic carbocycles. The van der Waals surface area contributed by atoms with Gasteiger partial charge in [0.2, 0.25) is 15.9 Å². The number of hydrogen-bond donors (Lipinski definition) is 1. The average molecular weight is 440 g/mol. The van der Waals surface area contributed by atoms with Crippen LogP contribution in [0.25, 0.3) is 0 Å². The minimum absolute atomic E-state index is 0.109. The molecule has 10 heteroatoms. The molecule has 2 aromatic carbocycles. The van der Waals surface area contributed by atoms with Crippen LogP contribution in [0.5, 0.6) is 0 Å². The Morgan fingerprint density at radius 2 is 1.86 bits per heavy atom. The van der Waals surface area contributed by atoms with Crippen molar-refractivity contribution in [3.05, 3.63) is 68.7 Å². The van der Waals surface area contributed by atoms with Gasteiger partial charge in [-0.25, -0.2) is 8.42 Å². The summed E-state index contributed by atoms with van der Waals surface area (Å²) in [7, 11) is -3.82. The number of carbonyl (C=O) groups is 1. The number of sulfonamides is 1. The first kappa shape index (κ1) is 22.6. The Hall–Kier alpha value is -2.65. The van der Waals surface area contributed by atoms with Gasteiger partial charge in [0.25, 0.3) is 5.69 Å². The number of non-ortho nitro benzene ring substituents is 1. The van der Waals surface area contributed by atoms with Gasteiger partial charge in [0, 0.05) is 23.7 Å². The molecule has 29 heavy (non-hydrogen) atoms. The molecule has 2 aromatic rings. The van der Waals surface area contributed by atoms with Gasteiger partial charge in [-0.1, -0.05) is 29.8 Å². The van der Waals surface area contributed by atoms with Crippen LogP contribution in [0.15, 0.2) is 42.5 Å². The Morgan fingerprint density at radius 1 is 1.21 bits per heavy atom. The molecule has 0 radical (unpaired) electrons. The van der Waals surface area contributed by atoms with Crippen molar-refractivity contribution < 1.29 is 18.1 Å². The van der Waals surface area contributed by atoms with Gasteiger partial charge in [0.15, 0.2) is 0 Å². The second-order valence-electron chi connectivity index (χ2n) is 6.58. The van der Waals surface area contributed by atoms with Crippen molar-refractivity contribution in [3.63, 3.8) is 0 Å². The first-order valence-electron chi connectivity index (χ1n) is 8.82. The number of aryl methyl sites for hydroxylation is 2. The Balaban J connectivity index is 2.01. The normalized spacial score (nSPS) is 11.1. The lowest BCUT2D eigenvalue weighted by Gasteiger charge is -2.23. The second kappa shape index (κ2) is 9.71. The highest BCUT2D eigenvalue weighted by Crippen LogP contribution is 2.27. The molecule has 2 rings (SSSR count). The lowest BCUT2D eigenvalue weighted by atomic mass is 10.1. The predicted molar refractivity (Wildman–Crippen MR) is 113 cm³/mol. The fraction of sp³-hybridized carbons (Fsp3) is 0.316. The molecule has 0 atom stereocenters. The van der Waals surface area contributed by atoms with Crippen molar-refractivity contribution >= 4 is 38.9 Å². The number of anilines is 1. The van der Waals surface area contributed by atoms with Crippen LogP contribution < -0.4 is 9.62 Å². The monoisotopic (exact) mass is 439 g/mol. The van der Waals surface area contributed by atoms with E-state index >= 15 is 0 Å².